The number of aromatic nitrogens is 2. The molecule has 37 heavy (non-hydrogen) atoms. The molecule has 0 unspecified atom stereocenters. The van der Waals surface area contributed by atoms with Crippen LogP contribution in [0, 0.1) is 41.5 Å². The van der Waals surface area contributed by atoms with Gasteiger partial charge in [0.05, 0.1) is 22.1 Å². The van der Waals surface area contributed by atoms with Crippen molar-refractivity contribution in [2.75, 3.05) is 0 Å². The summed E-state index contributed by atoms with van der Waals surface area (Å²) in [6, 6.07) is 27.5. The first kappa shape index (κ1) is 22.2. The van der Waals surface area contributed by atoms with Crippen molar-refractivity contribution in [3.8, 4) is 0 Å². The average molecular weight is 478 g/mol. The second-order valence-electron chi connectivity index (χ2n) is 11.1. The van der Waals surface area contributed by atoms with Crippen molar-refractivity contribution < 1.29 is 0 Å². The molecule has 0 N–H and O–H groups in total. The van der Waals surface area contributed by atoms with Crippen LogP contribution in [-0.2, 0) is 0 Å². The monoisotopic (exact) mass is 478 g/mol. The van der Waals surface area contributed by atoms with Crippen molar-refractivity contribution >= 4 is 56.1 Å². The van der Waals surface area contributed by atoms with Crippen LogP contribution >= 0.6 is 0 Å². The van der Waals surface area contributed by atoms with Gasteiger partial charge in [0.15, 0.2) is 0 Å². The van der Waals surface area contributed by atoms with Crippen LogP contribution in [0.1, 0.15) is 33.4 Å². The van der Waals surface area contributed by atoms with Gasteiger partial charge < -0.3 is 8.80 Å². The highest BCUT2D eigenvalue weighted by Gasteiger charge is 2.32. The number of rotatable bonds is 3. The second-order valence-corrected chi connectivity index (χ2v) is 11.1. The summed E-state index contributed by atoms with van der Waals surface area (Å²) < 4.78 is 4.94. The van der Waals surface area contributed by atoms with Crippen molar-refractivity contribution in [3.63, 3.8) is 0 Å². The van der Waals surface area contributed by atoms with Crippen LogP contribution in [0.15, 0.2) is 79.0 Å². The van der Waals surface area contributed by atoms with Crippen LogP contribution in [0.4, 0.5) is 0 Å². The molecule has 3 aromatic heterocycles. The third-order valence-corrected chi connectivity index (χ3v) is 8.37. The van der Waals surface area contributed by atoms with Gasteiger partial charge in [-0.15, -0.1) is 0 Å². The van der Waals surface area contributed by atoms with E-state index in [4.69, 9.17) is 0 Å². The maximum Gasteiger partial charge on any atom is 0.264 e. The Kier molecular flexibility index (Phi) is 4.66. The van der Waals surface area contributed by atoms with Crippen LogP contribution in [0.2, 0.25) is 0 Å². The van der Waals surface area contributed by atoms with Crippen molar-refractivity contribution in [1.29, 1.82) is 0 Å². The SMILES string of the molecule is Cc1cc(C)c(B(c2c(C)cc(C)cc2C)c2cc3cccc4c3n2c2cccc3ccn4c32)c(C)c1. The van der Waals surface area contributed by atoms with Crippen LogP contribution in [-0.4, -0.2) is 15.5 Å². The predicted molar refractivity (Wildman–Crippen MR) is 161 cm³/mol. The molecule has 3 heteroatoms. The van der Waals surface area contributed by atoms with Gasteiger partial charge in [-0.05, 0) is 71.4 Å². The first-order chi connectivity index (χ1) is 17.8. The number of para-hydroxylation sites is 2. The summed E-state index contributed by atoms with van der Waals surface area (Å²) in [6.07, 6.45) is 2.22. The molecule has 7 rings (SSSR count). The molecule has 2 nitrogen and oxygen atoms in total. The summed E-state index contributed by atoms with van der Waals surface area (Å²) in [6.45, 7) is 13.7. The van der Waals surface area contributed by atoms with Gasteiger partial charge >= 0.3 is 0 Å². The van der Waals surface area contributed by atoms with Gasteiger partial charge in [-0.2, -0.15) is 0 Å². The number of hydrogen-bond acceptors (Lipinski definition) is 0. The fraction of sp³-hybridized carbons (Fsp3) is 0.176. The zero-order valence-corrected chi connectivity index (χ0v) is 22.5. The molecule has 0 fully saturated rings. The van der Waals surface area contributed by atoms with Crippen LogP contribution in [0.25, 0.3) is 32.8 Å². The number of nitrogens with zero attached hydrogens (tertiary/aromatic N) is 2. The zero-order valence-electron chi connectivity index (χ0n) is 22.5. The third kappa shape index (κ3) is 3.07. The van der Waals surface area contributed by atoms with E-state index in [-0.39, 0.29) is 6.71 Å². The fourth-order valence-electron chi connectivity index (χ4n) is 7.22. The Morgan fingerprint density at radius 1 is 0.541 bits per heavy atom. The molecule has 0 aliphatic rings. The fourth-order valence-corrected chi connectivity index (χ4v) is 7.22. The van der Waals surface area contributed by atoms with E-state index >= 15 is 0 Å². The van der Waals surface area contributed by atoms with Gasteiger partial charge in [-0.25, -0.2) is 0 Å². The normalized spacial score (nSPS) is 12.1. The number of benzene rings is 4. The molecule has 4 aromatic carbocycles. The quantitative estimate of drug-likeness (QED) is 0.208. The number of hydrogen-bond donors (Lipinski definition) is 0. The van der Waals surface area contributed by atoms with E-state index in [1.165, 1.54) is 82.7 Å². The molecule has 0 saturated carbocycles. The second kappa shape index (κ2) is 7.76. The molecule has 0 radical (unpaired) electrons. The largest absolute Gasteiger partial charge is 0.318 e. The lowest BCUT2D eigenvalue weighted by Gasteiger charge is -2.25. The lowest BCUT2D eigenvalue weighted by atomic mass is 9.35. The highest BCUT2D eigenvalue weighted by Crippen LogP contribution is 2.31. The maximum absolute atomic E-state index is 2.56. The summed E-state index contributed by atoms with van der Waals surface area (Å²) in [5.41, 5.74) is 17.4. The first-order valence-corrected chi connectivity index (χ1v) is 13.2. The lowest BCUT2D eigenvalue weighted by Crippen LogP contribution is -2.57. The third-order valence-electron chi connectivity index (χ3n) is 8.37. The Morgan fingerprint density at radius 2 is 1.08 bits per heavy atom. The van der Waals surface area contributed by atoms with Gasteiger partial charge in [-0.3, -0.25) is 0 Å². The standard InChI is InChI=1S/C34H31BN2/c1-20-15-22(3)31(23(4)16-20)35(32-24(5)17-21(2)18-25(32)6)30-19-27-10-8-11-28-34(27)37(30)29-12-7-9-26-13-14-36(28)33(26)29/h7-19H,1-6H3. The zero-order chi connectivity index (χ0) is 25.6. The summed E-state index contributed by atoms with van der Waals surface area (Å²) in [5.74, 6) is 0. The Bertz CT molecular complexity index is 1900. The summed E-state index contributed by atoms with van der Waals surface area (Å²) >= 11 is 0. The van der Waals surface area contributed by atoms with Gasteiger partial charge in [0.25, 0.3) is 6.71 Å². The van der Waals surface area contributed by atoms with Crippen molar-refractivity contribution in [2.24, 2.45) is 0 Å². The molecule has 3 heterocycles. The van der Waals surface area contributed by atoms with Crippen LogP contribution in [0.3, 0.4) is 0 Å². The topological polar surface area (TPSA) is 8.82 Å². The molecular weight excluding hydrogens is 447 g/mol. The molecule has 0 bridgehead atoms. The highest BCUT2D eigenvalue weighted by molar-refractivity contribution is 6.96. The van der Waals surface area contributed by atoms with Crippen molar-refractivity contribution in [3.05, 3.63) is 112 Å². The van der Waals surface area contributed by atoms with Gasteiger partial charge in [-0.1, -0.05) is 92.8 Å². The molecule has 0 saturated heterocycles. The molecule has 0 spiro atoms. The van der Waals surface area contributed by atoms with Crippen molar-refractivity contribution in [2.45, 2.75) is 41.5 Å². The van der Waals surface area contributed by atoms with E-state index in [1.54, 1.807) is 0 Å². The first-order valence-electron chi connectivity index (χ1n) is 13.2. The lowest BCUT2D eigenvalue weighted by molar-refractivity contribution is 1.22. The summed E-state index contributed by atoms with van der Waals surface area (Å²) in [7, 11) is 0. The molecule has 0 amide bonds. The Balaban J connectivity index is 1.71. The number of aryl methyl sites for hydroxylation is 6. The molecule has 7 aromatic rings. The molecule has 0 aliphatic carbocycles. The minimum atomic E-state index is 0.123. The maximum atomic E-state index is 2.56. The van der Waals surface area contributed by atoms with Gasteiger partial charge in [0, 0.05) is 17.0 Å². The highest BCUT2D eigenvalue weighted by atomic mass is 15.0. The summed E-state index contributed by atoms with van der Waals surface area (Å²) in [5, 5.41) is 2.57. The average Bonchev–Trinajstić information content (AvgIpc) is 3.44. The molecule has 0 aliphatic heterocycles. The Hall–Kier alpha value is -3.98. The van der Waals surface area contributed by atoms with Gasteiger partial charge in [0.1, 0.15) is 0 Å². The minimum Gasteiger partial charge on any atom is -0.318 e. The molecular formula is C34H31BN2. The van der Waals surface area contributed by atoms with E-state index in [9.17, 15) is 0 Å². The Morgan fingerprint density at radius 3 is 1.68 bits per heavy atom. The smallest absolute Gasteiger partial charge is 0.264 e. The summed E-state index contributed by atoms with van der Waals surface area (Å²) in [4.78, 5) is 0. The van der Waals surface area contributed by atoms with E-state index in [2.05, 4.69) is 129 Å². The van der Waals surface area contributed by atoms with E-state index in [1.807, 2.05) is 0 Å². The minimum absolute atomic E-state index is 0.123. The van der Waals surface area contributed by atoms with Crippen LogP contribution < -0.4 is 16.5 Å². The molecule has 0 atom stereocenters. The van der Waals surface area contributed by atoms with Gasteiger partial charge in [0.2, 0.25) is 0 Å². The predicted octanol–water partition coefficient (Wildman–Crippen LogP) is 6.30. The molecule has 180 valence electrons. The van der Waals surface area contributed by atoms with E-state index < -0.39 is 0 Å². The number of fused-ring (bicyclic) bond motifs is 2. The van der Waals surface area contributed by atoms with Crippen LogP contribution in [0.5, 0.6) is 0 Å². The Labute approximate surface area is 218 Å². The van der Waals surface area contributed by atoms with E-state index in [0.717, 1.165) is 0 Å². The van der Waals surface area contributed by atoms with E-state index in [0.29, 0.717) is 0 Å². The van der Waals surface area contributed by atoms with Crippen molar-refractivity contribution in [1.82, 2.24) is 8.80 Å².